The van der Waals surface area contributed by atoms with Crippen LogP contribution in [-0.4, -0.2) is 26.3 Å². The molecule has 1 heterocycles. The van der Waals surface area contributed by atoms with E-state index in [4.69, 9.17) is 0 Å². The Morgan fingerprint density at radius 1 is 1.53 bits per heavy atom. The summed E-state index contributed by atoms with van der Waals surface area (Å²) < 4.78 is 26.5. The maximum atomic E-state index is 11.9. The molecule has 4 nitrogen and oxygen atoms in total. The van der Waals surface area contributed by atoms with Gasteiger partial charge in [0.15, 0.2) is 0 Å². The Balaban J connectivity index is 1.79. The van der Waals surface area contributed by atoms with E-state index in [1.807, 2.05) is 16.8 Å². The maximum absolute atomic E-state index is 11.9. The van der Waals surface area contributed by atoms with Gasteiger partial charge in [0, 0.05) is 19.1 Å². The summed E-state index contributed by atoms with van der Waals surface area (Å²) in [5.41, 5.74) is 1.01. The molecule has 0 amide bonds. The molecule has 2 N–H and O–H groups in total. The minimum Gasteiger partial charge on any atom is -0.313 e. The predicted molar refractivity (Wildman–Crippen MR) is 70.6 cm³/mol. The molecule has 1 atom stereocenters. The summed E-state index contributed by atoms with van der Waals surface area (Å²) in [6.45, 7) is 2.66. The van der Waals surface area contributed by atoms with Gasteiger partial charge in [-0.05, 0) is 42.2 Å². The Morgan fingerprint density at radius 3 is 2.88 bits per heavy atom. The molecule has 1 aromatic rings. The van der Waals surface area contributed by atoms with Gasteiger partial charge >= 0.3 is 0 Å². The van der Waals surface area contributed by atoms with Crippen molar-refractivity contribution in [1.82, 2.24) is 10.0 Å². The summed E-state index contributed by atoms with van der Waals surface area (Å²) in [5, 5.41) is 6.75. The molecule has 1 saturated carbocycles. The molecule has 17 heavy (non-hydrogen) atoms. The number of sulfonamides is 1. The number of hydrogen-bond donors (Lipinski definition) is 2. The molecule has 6 heteroatoms. The van der Waals surface area contributed by atoms with Gasteiger partial charge in [0.25, 0.3) is 0 Å². The number of nitrogens with one attached hydrogen (secondary N) is 2. The van der Waals surface area contributed by atoms with Crippen LogP contribution < -0.4 is 10.0 Å². The summed E-state index contributed by atoms with van der Waals surface area (Å²) >= 11 is 1.57. The van der Waals surface area contributed by atoms with Crippen molar-refractivity contribution in [3.05, 3.63) is 22.4 Å². The summed E-state index contributed by atoms with van der Waals surface area (Å²) in [7, 11) is -3.21. The highest BCUT2D eigenvalue weighted by molar-refractivity contribution is 7.90. The van der Waals surface area contributed by atoms with Crippen LogP contribution in [0.15, 0.2) is 16.8 Å². The Bertz CT molecular complexity index is 438. The van der Waals surface area contributed by atoms with Crippen LogP contribution in [0.25, 0.3) is 0 Å². The fourth-order valence-electron chi connectivity index (χ4n) is 1.45. The zero-order valence-corrected chi connectivity index (χ0v) is 11.5. The van der Waals surface area contributed by atoms with E-state index in [-0.39, 0.29) is 5.25 Å². The highest BCUT2D eigenvalue weighted by Crippen LogP contribution is 2.18. The van der Waals surface area contributed by atoms with Gasteiger partial charge in [0.2, 0.25) is 10.0 Å². The fourth-order valence-corrected chi connectivity index (χ4v) is 3.09. The lowest BCUT2D eigenvalue weighted by Gasteiger charge is -2.14. The van der Waals surface area contributed by atoms with Crippen LogP contribution in [0.4, 0.5) is 0 Å². The second-order valence-electron chi connectivity index (χ2n) is 4.49. The lowest BCUT2D eigenvalue weighted by atomic mass is 10.4. The zero-order valence-electron chi connectivity index (χ0n) is 9.85. The Morgan fingerprint density at radius 2 is 2.29 bits per heavy atom. The van der Waals surface area contributed by atoms with Crippen molar-refractivity contribution in [3.8, 4) is 0 Å². The van der Waals surface area contributed by atoms with Gasteiger partial charge in [0.1, 0.15) is 0 Å². The largest absolute Gasteiger partial charge is 0.313 e. The summed E-state index contributed by atoms with van der Waals surface area (Å²) in [4.78, 5) is 0. The molecule has 2 rings (SSSR count). The lowest BCUT2D eigenvalue weighted by molar-refractivity contribution is 0.557. The average Bonchev–Trinajstić information content (AvgIpc) is 2.97. The molecule has 0 spiro atoms. The SMILES string of the molecule is CC(CNC1CC1)S(=O)(=O)NCc1ccsc1. The van der Waals surface area contributed by atoms with Crippen molar-refractivity contribution < 1.29 is 8.42 Å². The topological polar surface area (TPSA) is 58.2 Å². The van der Waals surface area contributed by atoms with E-state index in [1.54, 1.807) is 18.3 Å². The van der Waals surface area contributed by atoms with Gasteiger partial charge in [-0.3, -0.25) is 0 Å². The first-order valence-corrected chi connectivity index (χ1v) is 8.30. The molecule has 1 unspecified atom stereocenters. The quantitative estimate of drug-likeness (QED) is 0.788. The standard InChI is InChI=1S/C11H18N2O2S2/c1-9(6-12-11-2-3-11)17(14,15)13-7-10-4-5-16-8-10/h4-5,8-9,11-13H,2-3,6-7H2,1H3. The zero-order chi connectivity index (χ0) is 12.3. The van der Waals surface area contributed by atoms with Gasteiger partial charge in [-0.25, -0.2) is 13.1 Å². The van der Waals surface area contributed by atoms with Crippen molar-refractivity contribution in [2.24, 2.45) is 0 Å². The van der Waals surface area contributed by atoms with E-state index in [0.29, 0.717) is 19.1 Å². The van der Waals surface area contributed by atoms with Crippen LogP contribution in [0.1, 0.15) is 25.3 Å². The van der Waals surface area contributed by atoms with Crippen molar-refractivity contribution in [1.29, 1.82) is 0 Å². The first kappa shape index (κ1) is 13.0. The van der Waals surface area contributed by atoms with Crippen molar-refractivity contribution in [2.45, 2.75) is 37.6 Å². The third-order valence-electron chi connectivity index (χ3n) is 2.86. The molecule has 96 valence electrons. The van der Waals surface area contributed by atoms with E-state index in [0.717, 1.165) is 5.56 Å². The molecule has 0 aromatic carbocycles. The van der Waals surface area contributed by atoms with Crippen LogP contribution in [0, 0.1) is 0 Å². The smallest absolute Gasteiger partial charge is 0.215 e. The minimum absolute atomic E-state index is 0.387. The fraction of sp³-hybridized carbons (Fsp3) is 0.636. The highest BCUT2D eigenvalue weighted by atomic mass is 32.2. The molecule has 0 saturated heterocycles. The first-order chi connectivity index (χ1) is 8.08. The van der Waals surface area contributed by atoms with Gasteiger partial charge in [-0.15, -0.1) is 0 Å². The molecule has 0 bridgehead atoms. The number of hydrogen-bond acceptors (Lipinski definition) is 4. The third kappa shape index (κ3) is 4.06. The second-order valence-corrected chi connectivity index (χ2v) is 7.45. The van der Waals surface area contributed by atoms with Crippen molar-refractivity contribution in [2.75, 3.05) is 6.54 Å². The van der Waals surface area contributed by atoms with Gasteiger partial charge < -0.3 is 5.32 Å². The van der Waals surface area contributed by atoms with Crippen LogP contribution in [0.2, 0.25) is 0 Å². The Hall–Kier alpha value is -0.430. The van der Waals surface area contributed by atoms with E-state index in [9.17, 15) is 8.42 Å². The van der Waals surface area contributed by atoms with Crippen LogP contribution in [-0.2, 0) is 16.6 Å². The predicted octanol–water partition coefficient (Wildman–Crippen LogP) is 1.31. The molecule has 0 aliphatic heterocycles. The highest BCUT2D eigenvalue weighted by Gasteiger charge is 2.25. The maximum Gasteiger partial charge on any atom is 0.215 e. The molecular formula is C11H18N2O2S2. The summed E-state index contributed by atoms with van der Waals surface area (Å²) in [6.07, 6.45) is 2.35. The summed E-state index contributed by atoms with van der Waals surface area (Å²) in [5.74, 6) is 0. The first-order valence-electron chi connectivity index (χ1n) is 5.81. The van der Waals surface area contributed by atoms with E-state index in [1.165, 1.54) is 12.8 Å². The van der Waals surface area contributed by atoms with Crippen molar-refractivity contribution >= 4 is 21.4 Å². The minimum atomic E-state index is -3.21. The lowest BCUT2D eigenvalue weighted by Crippen LogP contribution is -2.39. The molecule has 1 fully saturated rings. The van der Waals surface area contributed by atoms with E-state index < -0.39 is 10.0 Å². The van der Waals surface area contributed by atoms with Crippen LogP contribution >= 0.6 is 11.3 Å². The molecule has 1 aromatic heterocycles. The second kappa shape index (κ2) is 5.48. The summed E-state index contributed by atoms with van der Waals surface area (Å²) in [6, 6.07) is 2.48. The molecule has 1 aliphatic rings. The monoisotopic (exact) mass is 274 g/mol. The molecule has 0 radical (unpaired) electrons. The Labute approximate surface area is 106 Å². The Kier molecular flexibility index (Phi) is 4.19. The van der Waals surface area contributed by atoms with Gasteiger partial charge in [-0.2, -0.15) is 11.3 Å². The third-order valence-corrected chi connectivity index (χ3v) is 5.36. The normalized spacial score (nSPS) is 18.2. The van der Waals surface area contributed by atoms with Crippen LogP contribution in [0.5, 0.6) is 0 Å². The van der Waals surface area contributed by atoms with Gasteiger partial charge in [0.05, 0.1) is 5.25 Å². The molecule has 1 aliphatic carbocycles. The van der Waals surface area contributed by atoms with Crippen molar-refractivity contribution in [3.63, 3.8) is 0 Å². The van der Waals surface area contributed by atoms with Gasteiger partial charge in [-0.1, -0.05) is 0 Å². The van der Waals surface area contributed by atoms with Crippen LogP contribution in [0.3, 0.4) is 0 Å². The number of thiophene rings is 1. The average molecular weight is 274 g/mol. The molecular weight excluding hydrogens is 256 g/mol. The van der Waals surface area contributed by atoms with E-state index >= 15 is 0 Å². The number of rotatable bonds is 7. The van der Waals surface area contributed by atoms with E-state index in [2.05, 4.69) is 10.0 Å².